The van der Waals surface area contributed by atoms with Crippen LogP contribution in [-0.2, 0) is 11.2 Å². The Balaban J connectivity index is 1.45. The van der Waals surface area contributed by atoms with Crippen LogP contribution in [0.2, 0.25) is 5.02 Å². The minimum absolute atomic E-state index is 0.00217. The lowest BCUT2D eigenvalue weighted by Gasteiger charge is -2.40. The first-order valence-corrected chi connectivity index (χ1v) is 10.7. The molecular weight excluding hydrogens is 372 g/mol. The molecule has 2 heterocycles. The summed E-state index contributed by atoms with van der Waals surface area (Å²) in [7, 11) is 0. The van der Waals surface area contributed by atoms with Crippen molar-refractivity contribution in [3.8, 4) is 11.1 Å². The Morgan fingerprint density at radius 2 is 1.93 bits per heavy atom. The third-order valence-electron chi connectivity index (χ3n) is 6.21. The van der Waals surface area contributed by atoms with Gasteiger partial charge in [-0.05, 0) is 68.2 Å². The molecule has 0 bridgehead atoms. The van der Waals surface area contributed by atoms with E-state index in [0.29, 0.717) is 17.5 Å². The lowest BCUT2D eigenvalue weighted by atomic mass is 9.86. The van der Waals surface area contributed by atoms with Crippen LogP contribution in [0.4, 0.5) is 0 Å². The molecule has 0 spiro atoms. The number of hydrogen-bond acceptors (Lipinski definition) is 3. The Kier molecular flexibility index (Phi) is 5.98. The number of benzene rings is 1. The van der Waals surface area contributed by atoms with Crippen LogP contribution in [-0.4, -0.2) is 39.6 Å². The van der Waals surface area contributed by atoms with Gasteiger partial charge in [0.15, 0.2) is 0 Å². The Hall–Kier alpha value is -1.91. The fraction of sp³-hybridized carbons (Fsp3) is 0.478. The second-order valence-electron chi connectivity index (χ2n) is 8.09. The SMILES string of the molecule is O=C1C(Cc2ccc(-c3cccnc3)cc2Cl)CCCN1[C@H]1CC[C@H](O)CC1. The molecular formula is C23H27ClN2O2. The van der Waals surface area contributed by atoms with E-state index in [4.69, 9.17) is 11.6 Å². The molecule has 1 saturated heterocycles. The largest absolute Gasteiger partial charge is 0.393 e. The zero-order valence-electron chi connectivity index (χ0n) is 16.1. The average Bonchev–Trinajstić information content (AvgIpc) is 2.72. The standard InChI is InChI=1S/C23H27ClN2O2/c24-22-14-16(19-3-1-11-25-15-19)5-6-17(22)13-18-4-2-12-26(23(18)28)20-7-9-21(27)10-8-20/h1,3,5-6,11,14-15,18,20-21,27H,2,4,7-10,12-13H2/t18?,20-,21-. The molecule has 1 saturated carbocycles. The number of amides is 1. The van der Waals surface area contributed by atoms with Crippen molar-refractivity contribution >= 4 is 17.5 Å². The molecule has 1 aromatic carbocycles. The highest BCUT2D eigenvalue weighted by atomic mass is 35.5. The second-order valence-corrected chi connectivity index (χ2v) is 8.49. The summed E-state index contributed by atoms with van der Waals surface area (Å²) in [6.45, 7) is 0.851. The zero-order valence-corrected chi connectivity index (χ0v) is 16.8. The Morgan fingerprint density at radius 1 is 1.11 bits per heavy atom. The minimum atomic E-state index is -0.191. The molecule has 1 atom stereocenters. The maximum atomic E-state index is 13.1. The Labute approximate surface area is 171 Å². The van der Waals surface area contributed by atoms with E-state index in [9.17, 15) is 9.90 Å². The van der Waals surface area contributed by atoms with Crippen LogP contribution in [0.5, 0.6) is 0 Å². The van der Waals surface area contributed by atoms with Gasteiger partial charge >= 0.3 is 0 Å². The van der Waals surface area contributed by atoms with E-state index in [2.05, 4.69) is 16.0 Å². The van der Waals surface area contributed by atoms with Crippen LogP contribution in [0.3, 0.4) is 0 Å². The van der Waals surface area contributed by atoms with Crippen molar-refractivity contribution in [3.63, 3.8) is 0 Å². The molecule has 2 fully saturated rings. The third-order valence-corrected chi connectivity index (χ3v) is 6.56. The highest BCUT2D eigenvalue weighted by Crippen LogP contribution is 2.32. The van der Waals surface area contributed by atoms with Crippen molar-refractivity contribution < 1.29 is 9.90 Å². The van der Waals surface area contributed by atoms with E-state index in [1.54, 1.807) is 6.20 Å². The van der Waals surface area contributed by atoms with Gasteiger partial charge in [0, 0.05) is 41.5 Å². The number of aromatic nitrogens is 1. The van der Waals surface area contributed by atoms with Gasteiger partial charge in [0.05, 0.1) is 6.10 Å². The second kappa shape index (κ2) is 8.62. The van der Waals surface area contributed by atoms with E-state index in [1.807, 2.05) is 30.5 Å². The number of carbonyl (C=O) groups excluding carboxylic acids is 1. The first-order chi connectivity index (χ1) is 13.6. The molecule has 5 heteroatoms. The number of carbonyl (C=O) groups is 1. The molecule has 1 amide bonds. The summed E-state index contributed by atoms with van der Waals surface area (Å²) < 4.78 is 0. The highest BCUT2D eigenvalue weighted by Gasteiger charge is 2.35. The van der Waals surface area contributed by atoms with Crippen LogP contribution in [0.15, 0.2) is 42.7 Å². The van der Waals surface area contributed by atoms with Gasteiger partial charge in [-0.2, -0.15) is 0 Å². The molecule has 4 rings (SSSR count). The van der Waals surface area contributed by atoms with Crippen molar-refractivity contribution in [1.29, 1.82) is 0 Å². The molecule has 4 nitrogen and oxygen atoms in total. The molecule has 1 aliphatic carbocycles. The van der Waals surface area contributed by atoms with E-state index in [0.717, 1.165) is 61.8 Å². The summed E-state index contributed by atoms with van der Waals surface area (Å²) in [4.78, 5) is 19.4. The quantitative estimate of drug-likeness (QED) is 0.825. The van der Waals surface area contributed by atoms with Crippen molar-refractivity contribution in [2.75, 3.05) is 6.54 Å². The maximum Gasteiger partial charge on any atom is 0.226 e. The normalized spacial score (nSPS) is 25.7. The van der Waals surface area contributed by atoms with Crippen LogP contribution in [0.1, 0.15) is 44.1 Å². The van der Waals surface area contributed by atoms with E-state index >= 15 is 0 Å². The van der Waals surface area contributed by atoms with Gasteiger partial charge in [0.2, 0.25) is 5.91 Å². The summed E-state index contributed by atoms with van der Waals surface area (Å²) in [5, 5.41) is 10.5. The van der Waals surface area contributed by atoms with Crippen molar-refractivity contribution in [2.24, 2.45) is 5.92 Å². The summed E-state index contributed by atoms with van der Waals surface area (Å²) in [6, 6.07) is 10.3. The van der Waals surface area contributed by atoms with Gasteiger partial charge < -0.3 is 10.0 Å². The van der Waals surface area contributed by atoms with E-state index in [-0.39, 0.29) is 17.9 Å². The van der Waals surface area contributed by atoms with E-state index < -0.39 is 0 Å². The average molecular weight is 399 g/mol. The molecule has 1 aliphatic heterocycles. The molecule has 1 aromatic heterocycles. The topological polar surface area (TPSA) is 53.4 Å². The fourth-order valence-electron chi connectivity index (χ4n) is 4.59. The molecule has 148 valence electrons. The summed E-state index contributed by atoms with van der Waals surface area (Å²) in [5.41, 5.74) is 3.11. The van der Waals surface area contributed by atoms with Gasteiger partial charge in [-0.1, -0.05) is 29.8 Å². The van der Waals surface area contributed by atoms with Crippen LogP contribution in [0.25, 0.3) is 11.1 Å². The van der Waals surface area contributed by atoms with Gasteiger partial charge in [-0.25, -0.2) is 0 Å². The number of hydrogen-bond donors (Lipinski definition) is 1. The number of pyridine rings is 1. The van der Waals surface area contributed by atoms with E-state index in [1.165, 1.54) is 0 Å². The number of aliphatic hydroxyl groups excluding tert-OH is 1. The lowest BCUT2D eigenvalue weighted by molar-refractivity contribution is -0.142. The molecule has 1 unspecified atom stereocenters. The zero-order chi connectivity index (χ0) is 19.5. The minimum Gasteiger partial charge on any atom is -0.393 e. The summed E-state index contributed by atoms with van der Waals surface area (Å²) in [5.74, 6) is 0.266. The first kappa shape index (κ1) is 19.4. The van der Waals surface area contributed by atoms with Crippen LogP contribution >= 0.6 is 11.6 Å². The number of halogens is 1. The number of nitrogens with zero attached hydrogens (tertiary/aromatic N) is 2. The molecule has 2 aliphatic rings. The Morgan fingerprint density at radius 3 is 2.64 bits per heavy atom. The smallest absolute Gasteiger partial charge is 0.226 e. The van der Waals surface area contributed by atoms with Crippen LogP contribution < -0.4 is 0 Å². The predicted octanol–water partition coefficient (Wildman–Crippen LogP) is 4.49. The Bertz CT molecular complexity index is 819. The third kappa shape index (κ3) is 4.23. The van der Waals surface area contributed by atoms with Gasteiger partial charge in [0.1, 0.15) is 0 Å². The van der Waals surface area contributed by atoms with Crippen LogP contribution in [0, 0.1) is 5.92 Å². The number of rotatable bonds is 4. The molecule has 0 radical (unpaired) electrons. The predicted molar refractivity (Wildman–Crippen MR) is 111 cm³/mol. The lowest BCUT2D eigenvalue weighted by Crippen LogP contribution is -2.49. The van der Waals surface area contributed by atoms with Gasteiger partial charge in [-0.3, -0.25) is 9.78 Å². The monoisotopic (exact) mass is 398 g/mol. The highest BCUT2D eigenvalue weighted by molar-refractivity contribution is 6.31. The van der Waals surface area contributed by atoms with Gasteiger partial charge in [0.25, 0.3) is 0 Å². The molecule has 28 heavy (non-hydrogen) atoms. The number of piperidine rings is 1. The number of likely N-dealkylation sites (tertiary alicyclic amines) is 1. The van der Waals surface area contributed by atoms with Crippen molar-refractivity contribution in [1.82, 2.24) is 9.88 Å². The molecule has 2 aromatic rings. The molecule has 1 N–H and O–H groups in total. The van der Waals surface area contributed by atoms with Crippen molar-refractivity contribution in [2.45, 2.75) is 57.1 Å². The van der Waals surface area contributed by atoms with Crippen molar-refractivity contribution in [3.05, 3.63) is 53.3 Å². The summed E-state index contributed by atoms with van der Waals surface area (Å²) in [6.07, 6.45) is 9.50. The number of aliphatic hydroxyl groups is 1. The summed E-state index contributed by atoms with van der Waals surface area (Å²) >= 11 is 6.57. The fourth-order valence-corrected chi connectivity index (χ4v) is 4.85. The van der Waals surface area contributed by atoms with Gasteiger partial charge in [-0.15, -0.1) is 0 Å². The first-order valence-electron chi connectivity index (χ1n) is 10.3. The maximum absolute atomic E-state index is 13.1.